The van der Waals surface area contributed by atoms with Crippen molar-refractivity contribution in [2.45, 2.75) is 0 Å². The van der Waals surface area contributed by atoms with E-state index < -0.39 is 0 Å². The molecule has 18 rings (SSSR count). The van der Waals surface area contributed by atoms with Crippen LogP contribution in [0.4, 0.5) is 34.1 Å². The number of anilines is 6. The molecule has 0 N–H and O–H groups in total. The van der Waals surface area contributed by atoms with Gasteiger partial charge in [0.2, 0.25) is 0 Å². The third kappa shape index (κ3) is 8.97. The quantitative estimate of drug-likeness (QED) is 0.0999. The third-order valence-corrected chi connectivity index (χ3v) is 18.8. The summed E-state index contributed by atoms with van der Waals surface area (Å²) in [6.07, 6.45) is 0. The maximum Gasteiger partial charge on any atom is 0.0547 e. The molecule has 17 aromatic carbocycles. The van der Waals surface area contributed by atoms with Gasteiger partial charge in [-0.2, -0.15) is 0 Å². The zero-order chi connectivity index (χ0) is 59.9. The van der Waals surface area contributed by atoms with E-state index in [0.29, 0.717) is 0 Å². The van der Waals surface area contributed by atoms with Gasteiger partial charge in [0.25, 0.3) is 0 Å². The molecule has 0 radical (unpaired) electrons. The lowest BCUT2D eigenvalue weighted by molar-refractivity contribution is 1.18. The van der Waals surface area contributed by atoms with Crippen LogP contribution in [0.2, 0.25) is 0 Å². The van der Waals surface area contributed by atoms with Gasteiger partial charge in [-0.25, -0.2) is 0 Å². The Balaban J connectivity index is 0.924. The standard InChI is InChI=1S/C88H57N3/c1-5-25-71(26-6-1)89(72-27-7-2-8-28-72)75-41-43-78-81-54-68-40-46-87-88(80(68)57-84(81)79-44-42-76(56-83(79)82(78)55-75)90(73-29-9-3-10-30-73)74-31-11-4-12-32-74)85-53-67(64-36-33-58-19-13-16-22-61(58)47-64)39-45-86(85)91(87)77-51-69(65-37-34-59-20-14-17-23-62(59)48-65)50-70(52-77)66-38-35-60-21-15-18-24-63(60)49-66/h1-57H. The normalized spacial score (nSPS) is 11.7. The summed E-state index contributed by atoms with van der Waals surface area (Å²) in [7, 11) is 0. The zero-order valence-corrected chi connectivity index (χ0v) is 49.8. The van der Waals surface area contributed by atoms with Gasteiger partial charge in [0.1, 0.15) is 0 Å². The van der Waals surface area contributed by atoms with E-state index in [9.17, 15) is 0 Å². The Labute approximate surface area is 527 Å². The van der Waals surface area contributed by atoms with Crippen LogP contribution in [0, 0.1) is 0 Å². The predicted molar refractivity (Wildman–Crippen MR) is 389 cm³/mol. The lowest BCUT2D eigenvalue weighted by atomic mass is 9.90. The molecular weight excluding hydrogens is 1100 g/mol. The molecule has 0 fully saturated rings. The molecule has 18 aromatic rings. The van der Waals surface area contributed by atoms with Gasteiger partial charge in [-0.15, -0.1) is 0 Å². The number of aromatic nitrogens is 1. The maximum atomic E-state index is 2.53. The first-order chi connectivity index (χ1) is 45.1. The van der Waals surface area contributed by atoms with Crippen LogP contribution in [0.5, 0.6) is 0 Å². The smallest absolute Gasteiger partial charge is 0.0547 e. The van der Waals surface area contributed by atoms with E-state index in [0.717, 1.165) is 62.0 Å². The first-order valence-corrected chi connectivity index (χ1v) is 31.4. The minimum atomic E-state index is 1.08. The van der Waals surface area contributed by atoms with Crippen molar-refractivity contribution >= 4 is 131 Å². The lowest BCUT2D eigenvalue weighted by Crippen LogP contribution is -2.10. The van der Waals surface area contributed by atoms with Gasteiger partial charge in [-0.3, -0.25) is 0 Å². The number of hydrogen-bond acceptors (Lipinski definition) is 2. The van der Waals surface area contributed by atoms with Crippen LogP contribution < -0.4 is 9.80 Å². The van der Waals surface area contributed by atoms with Gasteiger partial charge >= 0.3 is 0 Å². The molecule has 0 unspecified atom stereocenters. The topological polar surface area (TPSA) is 11.4 Å². The minimum Gasteiger partial charge on any atom is -0.310 e. The maximum absolute atomic E-state index is 2.53. The van der Waals surface area contributed by atoms with Crippen LogP contribution in [-0.4, -0.2) is 4.57 Å². The fourth-order valence-corrected chi connectivity index (χ4v) is 14.4. The van der Waals surface area contributed by atoms with Crippen molar-refractivity contribution in [1.29, 1.82) is 0 Å². The summed E-state index contributed by atoms with van der Waals surface area (Å²) >= 11 is 0. The van der Waals surface area contributed by atoms with E-state index in [4.69, 9.17) is 0 Å². The van der Waals surface area contributed by atoms with Crippen LogP contribution in [0.25, 0.3) is 136 Å². The Kier molecular flexibility index (Phi) is 12.2. The largest absolute Gasteiger partial charge is 0.310 e. The first-order valence-electron chi connectivity index (χ1n) is 31.4. The number of fused-ring (bicyclic) bond motifs is 14. The second kappa shape index (κ2) is 21.4. The third-order valence-electron chi connectivity index (χ3n) is 18.8. The summed E-state index contributed by atoms with van der Waals surface area (Å²) in [5, 5.41) is 19.4. The molecule has 1 heterocycles. The van der Waals surface area contributed by atoms with Gasteiger partial charge in [0.15, 0.2) is 0 Å². The van der Waals surface area contributed by atoms with Crippen molar-refractivity contribution < 1.29 is 0 Å². The van der Waals surface area contributed by atoms with Crippen molar-refractivity contribution in [2.24, 2.45) is 0 Å². The molecule has 0 saturated heterocycles. The zero-order valence-electron chi connectivity index (χ0n) is 49.8. The van der Waals surface area contributed by atoms with Crippen LogP contribution in [-0.2, 0) is 0 Å². The molecule has 3 nitrogen and oxygen atoms in total. The molecule has 0 saturated carbocycles. The summed E-state index contributed by atoms with van der Waals surface area (Å²) in [5.41, 5.74) is 17.0. The predicted octanol–water partition coefficient (Wildman–Crippen LogP) is 24.8. The molecule has 0 aliphatic carbocycles. The van der Waals surface area contributed by atoms with E-state index >= 15 is 0 Å². The van der Waals surface area contributed by atoms with E-state index in [1.807, 2.05) is 0 Å². The summed E-state index contributed by atoms with van der Waals surface area (Å²) < 4.78 is 2.53. The highest BCUT2D eigenvalue weighted by atomic mass is 15.1. The Morgan fingerprint density at radius 1 is 0.176 bits per heavy atom. The summed E-state index contributed by atoms with van der Waals surface area (Å²) in [4.78, 5) is 4.76. The number of nitrogens with zero attached hydrogens (tertiary/aromatic N) is 3. The summed E-state index contributed by atoms with van der Waals surface area (Å²) in [5.74, 6) is 0. The van der Waals surface area contributed by atoms with Gasteiger partial charge in [-0.05, 0) is 248 Å². The van der Waals surface area contributed by atoms with Crippen LogP contribution in [0.15, 0.2) is 346 Å². The first kappa shape index (κ1) is 52.1. The lowest BCUT2D eigenvalue weighted by Gasteiger charge is -2.27. The minimum absolute atomic E-state index is 1.08. The molecule has 3 heteroatoms. The highest BCUT2D eigenvalue weighted by Crippen LogP contribution is 2.48. The molecule has 0 spiro atoms. The molecule has 424 valence electrons. The Bertz CT molecular complexity index is 5720. The molecule has 0 aliphatic heterocycles. The number of benzene rings is 17. The number of hydrogen-bond donors (Lipinski definition) is 0. The molecule has 0 amide bonds. The van der Waals surface area contributed by atoms with Crippen molar-refractivity contribution in [3.05, 3.63) is 346 Å². The molecule has 91 heavy (non-hydrogen) atoms. The van der Waals surface area contributed by atoms with E-state index in [-0.39, 0.29) is 0 Å². The molecule has 0 atom stereocenters. The van der Waals surface area contributed by atoms with E-state index in [1.54, 1.807) is 0 Å². The van der Waals surface area contributed by atoms with E-state index in [1.165, 1.54) is 108 Å². The monoisotopic (exact) mass is 1160 g/mol. The van der Waals surface area contributed by atoms with Gasteiger partial charge in [0, 0.05) is 50.6 Å². The second-order valence-corrected chi connectivity index (χ2v) is 24.1. The fraction of sp³-hybridized carbons (Fsp3) is 0. The molecular formula is C88H57N3. The average molecular weight is 1160 g/mol. The SMILES string of the molecule is c1ccc(N(c2ccccc2)c2ccc3c(c2)c2cc(N(c4ccccc4)c4ccccc4)ccc2c2cc4c(ccc5c4c4cc(-c6ccc7ccccc7c6)ccc4n5-c4cc(-c5ccc6ccccc6c5)cc(-c5ccc6ccccc6c5)c4)cc32)cc1. The Morgan fingerprint density at radius 3 is 1.00 bits per heavy atom. The van der Waals surface area contributed by atoms with E-state index in [2.05, 4.69) is 360 Å². The highest BCUT2D eigenvalue weighted by Gasteiger charge is 2.23. The van der Waals surface area contributed by atoms with Crippen molar-refractivity contribution in [3.63, 3.8) is 0 Å². The fourth-order valence-electron chi connectivity index (χ4n) is 14.4. The molecule has 1 aromatic heterocycles. The second-order valence-electron chi connectivity index (χ2n) is 24.1. The van der Waals surface area contributed by atoms with Gasteiger partial charge in [-0.1, -0.05) is 206 Å². The summed E-state index contributed by atoms with van der Waals surface area (Å²) in [6.45, 7) is 0. The van der Waals surface area contributed by atoms with Crippen LogP contribution in [0.3, 0.4) is 0 Å². The highest BCUT2D eigenvalue weighted by molar-refractivity contribution is 6.31. The number of rotatable bonds is 10. The van der Waals surface area contributed by atoms with Gasteiger partial charge < -0.3 is 14.4 Å². The van der Waals surface area contributed by atoms with Crippen molar-refractivity contribution in [2.75, 3.05) is 9.80 Å². The van der Waals surface area contributed by atoms with Crippen LogP contribution in [0.1, 0.15) is 0 Å². The van der Waals surface area contributed by atoms with Crippen LogP contribution >= 0.6 is 0 Å². The van der Waals surface area contributed by atoms with Crippen molar-refractivity contribution in [1.82, 2.24) is 4.57 Å². The number of para-hydroxylation sites is 4. The Morgan fingerprint density at radius 2 is 0.538 bits per heavy atom. The van der Waals surface area contributed by atoms with Gasteiger partial charge in [0.05, 0.1) is 11.0 Å². The summed E-state index contributed by atoms with van der Waals surface area (Å²) in [6, 6.07) is 128. The average Bonchev–Trinajstić information content (AvgIpc) is 1.71. The molecule has 0 bridgehead atoms. The molecule has 0 aliphatic rings. The van der Waals surface area contributed by atoms with Crippen molar-refractivity contribution in [3.8, 4) is 39.1 Å². The Hall–Kier alpha value is -12.0.